The number of nitrogens with zero attached hydrogens (tertiary/aromatic N) is 3. The highest BCUT2D eigenvalue weighted by Gasteiger charge is 2.21. The minimum atomic E-state index is 0.0703. The maximum absolute atomic E-state index is 12.4. The SMILES string of the molecule is CC1CC=NN=C1c1ccc(NC(=O)CCN2CCC(c3ccccc3)CC2)cc1. The molecule has 1 atom stereocenters. The van der Waals surface area contributed by atoms with E-state index in [1.807, 2.05) is 30.5 Å². The molecule has 1 saturated heterocycles. The quantitative estimate of drug-likeness (QED) is 0.761. The van der Waals surface area contributed by atoms with Gasteiger partial charge in [-0.25, -0.2) is 0 Å². The molecular weight excluding hydrogens is 372 g/mol. The van der Waals surface area contributed by atoms with Gasteiger partial charge in [0.15, 0.2) is 0 Å². The molecule has 0 saturated carbocycles. The topological polar surface area (TPSA) is 57.1 Å². The zero-order valence-corrected chi connectivity index (χ0v) is 17.6. The molecule has 1 unspecified atom stereocenters. The van der Waals surface area contributed by atoms with Crippen LogP contribution in [0.15, 0.2) is 64.8 Å². The third kappa shape index (κ3) is 5.22. The maximum Gasteiger partial charge on any atom is 0.225 e. The summed E-state index contributed by atoms with van der Waals surface area (Å²) in [5.41, 5.74) is 4.35. The first-order chi connectivity index (χ1) is 14.7. The van der Waals surface area contributed by atoms with E-state index in [1.54, 1.807) is 0 Å². The van der Waals surface area contributed by atoms with E-state index < -0.39 is 0 Å². The van der Waals surface area contributed by atoms with E-state index in [-0.39, 0.29) is 5.91 Å². The molecule has 1 amide bonds. The molecule has 1 fully saturated rings. The first-order valence-corrected chi connectivity index (χ1v) is 11.0. The third-order valence-corrected chi connectivity index (χ3v) is 6.15. The first kappa shape index (κ1) is 20.5. The van der Waals surface area contributed by atoms with E-state index in [2.05, 4.69) is 57.7 Å². The number of rotatable bonds is 6. The number of amides is 1. The normalized spacial score (nSPS) is 20.0. The standard InChI is InChI=1S/C25H30N4O/c1-19-11-15-26-28-25(19)22-7-9-23(10-8-22)27-24(30)14-18-29-16-12-21(13-17-29)20-5-3-2-4-6-20/h2-10,15,19,21H,11-14,16-18H2,1H3,(H,27,30). The Morgan fingerprint density at radius 2 is 1.80 bits per heavy atom. The molecule has 2 aromatic rings. The van der Waals surface area contributed by atoms with Gasteiger partial charge in [0, 0.05) is 30.8 Å². The van der Waals surface area contributed by atoms with Gasteiger partial charge < -0.3 is 10.2 Å². The van der Waals surface area contributed by atoms with Gasteiger partial charge in [0.2, 0.25) is 5.91 Å². The van der Waals surface area contributed by atoms with E-state index in [1.165, 1.54) is 18.4 Å². The van der Waals surface area contributed by atoms with E-state index in [4.69, 9.17) is 0 Å². The lowest BCUT2D eigenvalue weighted by Gasteiger charge is -2.32. The minimum Gasteiger partial charge on any atom is -0.326 e. The Bertz CT molecular complexity index is 897. The lowest BCUT2D eigenvalue weighted by molar-refractivity contribution is -0.116. The lowest BCUT2D eigenvalue weighted by Crippen LogP contribution is -2.35. The zero-order chi connectivity index (χ0) is 20.8. The van der Waals surface area contributed by atoms with Gasteiger partial charge in [-0.3, -0.25) is 4.79 Å². The van der Waals surface area contributed by atoms with Crippen molar-refractivity contribution in [3.05, 3.63) is 65.7 Å². The first-order valence-electron chi connectivity index (χ1n) is 11.0. The highest BCUT2D eigenvalue weighted by atomic mass is 16.1. The van der Waals surface area contributed by atoms with Crippen LogP contribution in [0.2, 0.25) is 0 Å². The molecule has 1 N–H and O–H groups in total. The number of likely N-dealkylation sites (tertiary alicyclic amines) is 1. The molecule has 4 rings (SSSR count). The Labute approximate surface area is 178 Å². The van der Waals surface area contributed by atoms with Crippen LogP contribution in [0.1, 0.15) is 49.7 Å². The van der Waals surface area contributed by atoms with E-state index in [9.17, 15) is 4.79 Å². The molecule has 2 aliphatic rings. The van der Waals surface area contributed by atoms with E-state index in [0.29, 0.717) is 18.3 Å². The smallest absolute Gasteiger partial charge is 0.225 e. The zero-order valence-electron chi connectivity index (χ0n) is 17.6. The Morgan fingerprint density at radius 1 is 1.07 bits per heavy atom. The summed E-state index contributed by atoms with van der Waals surface area (Å²) in [5.74, 6) is 1.09. The van der Waals surface area contributed by atoms with E-state index >= 15 is 0 Å². The molecule has 5 nitrogen and oxygen atoms in total. The van der Waals surface area contributed by atoms with Gasteiger partial charge in [0.25, 0.3) is 0 Å². The van der Waals surface area contributed by atoms with Gasteiger partial charge >= 0.3 is 0 Å². The average Bonchev–Trinajstić information content (AvgIpc) is 2.80. The van der Waals surface area contributed by atoms with Crippen LogP contribution in [0.4, 0.5) is 5.69 Å². The molecule has 2 heterocycles. The predicted octanol–water partition coefficient (Wildman–Crippen LogP) is 4.71. The van der Waals surface area contributed by atoms with Crippen LogP contribution in [0, 0.1) is 5.92 Å². The second-order valence-corrected chi connectivity index (χ2v) is 8.32. The van der Waals surface area contributed by atoms with Gasteiger partial charge in [-0.15, -0.1) is 0 Å². The molecule has 0 spiro atoms. The van der Waals surface area contributed by atoms with Crippen molar-refractivity contribution in [1.82, 2.24) is 4.90 Å². The Hall–Kier alpha value is -2.79. The summed E-state index contributed by atoms with van der Waals surface area (Å²) in [7, 11) is 0. The molecule has 156 valence electrons. The Morgan fingerprint density at radius 3 is 2.50 bits per heavy atom. The molecule has 2 aliphatic heterocycles. The van der Waals surface area contributed by atoms with Gasteiger partial charge in [0.1, 0.15) is 0 Å². The van der Waals surface area contributed by atoms with E-state index in [0.717, 1.165) is 43.0 Å². The highest BCUT2D eigenvalue weighted by molar-refractivity contribution is 6.04. The number of anilines is 1. The minimum absolute atomic E-state index is 0.0703. The molecule has 0 bridgehead atoms. The van der Waals surface area contributed by atoms with Gasteiger partial charge in [-0.1, -0.05) is 49.4 Å². The van der Waals surface area contributed by atoms with Crippen molar-refractivity contribution in [3.8, 4) is 0 Å². The number of benzene rings is 2. The number of hydrogen-bond donors (Lipinski definition) is 1. The number of carbonyl (C=O) groups is 1. The molecule has 5 heteroatoms. The molecular formula is C25H30N4O. The summed E-state index contributed by atoms with van der Waals surface area (Å²) >= 11 is 0. The summed E-state index contributed by atoms with van der Waals surface area (Å²) in [4.78, 5) is 14.8. The largest absolute Gasteiger partial charge is 0.326 e. The molecule has 0 aliphatic carbocycles. The summed E-state index contributed by atoms with van der Waals surface area (Å²) in [6.45, 7) is 5.09. The van der Waals surface area contributed by atoms with Crippen LogP contribution in [-0.2, 0) is 4.79 Å². The fourth-order valence-electron chi connectivity index (χ4n) is 4.28. The van der Waals surface area contributed by atoms with Crippen molar-refractivity contribution in [3.63, 3.8) is 0 Å². The van der Waals surface area contributed by atoms with Crippen LogP contribution in [-0.4, -0.2) is 42.4 Å². The summed E-state index contributed by atoms with van der Waals surface area (Å²) < 4.78 is 0. The average molecular weight is 403 g/mol. The van der Waals surface area contributed by atoms with Gasteiger partial charge in [-0.05, 0) is 61.5 Å². The Balaban J connectivity index is 1.22. The monoisotopic (exact) mass is 402 g/mol. The second kappa shape index (κ2) is 9.81. The summed E-state index contributed by atoms with van der Waals surface area (Å²) in [6, 6.07) is 18.7. The second-order valence-electron chi connectivity index (χ2n) is 8.32. The summed E-state index contributed by atoms with van der Waals surface area (Å²) in [6.07, 6.45) is 5.63. The van der Waals surface area contributed by atoms with Crippen LogP contribution in [0.3, 0.4) is 0 Å². The fourth-order valence-corrected chi connectivity index (χ4v) is 4.28. The van der Waals surface area contributed by atoms with Crippen molar-refractivity contribution in [2.24, 2.45) is 16.1 Å². The van der Waals surface area contributed by atoms with Crippen molar-refractivity contribution in [2.45, 2.75) is 38.5 Å². The van der Waals surface area contributed by atoms with Crippen molar-refractivity contribution in [1.29, 1.82) is 0 Å². The summed E-state index contributed by atoms with van der Waals surface area (Å²) in [5, 5.41) is 11.3. The Kier molecular flexibility index (Phi) is 6.70. The number of piperidine rings is 1. The van der Waals surface area contributed by atoms with Crippen molar-refractivity contribution >= 4 is 23.5 Å². The maximum atomic E-state index is 12.4. The molecule has 0 radical (unpaired) electrons. The molecule has 30 heavy (non-hydrogen) atoms. The van der Waals surface area contributed by atoms with Crippen LogP contribution < -0.4 is 5.32 Å². The molecule has 0 aromatic heterocycles. The van der Waals surface area contributed by atoms with Gasteiger partial charge in [-0.2, -0.15) is 10.2 Å². The molecule has 2 aromatic carbocycles. The van der Waals surface area contributed by atoms with Crippen molar-refractivity contribution < 1.29 is 4.79 Å². The highest BCUT2D eigenvalue weighted by Crippen LogP contribution is 2.27. The lowest BCUT2D eigenvalue weighted by atomic mass is 9.89. The number of hydrogen-bond acceptors (Lipinski definition) is 4. The van der Waals surface area contributed by atoms with Crippen LogP contribution >= 0.6 is 0 Å². The van der Waals surface area contributed by atoms with Crippen molar-refractivity contribution in [2.75, 3.05) is 25.0 Å². The van der Waals surface area contributed by atoms with Gasteiger partial charge in [0.05, 0.1) is 5.71 Å². The van der Waals surface area contributed by atoms with Crippen LogP contribution in [0.25, 0.3) is 0 Å². The number of nitrogens with one attached hydrogen (secondary N) is 1. The van der Waals surface area contributed by atoms with Crippen LogP contribution in [0.5, 0.6) is 0 Å². The fraction of sp³-hybridized carbons (Fsp3) is 0.400. The predicted molar refractivity (Wildman–Crippen MR) is 123 cm³/mol. The number of carbonyl (C=O) groups excluding carboxylic acids is 1. The third-order valence-electron chi connectivity index (χ3n) is 6.15.